The average molecular weight is 265 g/mol. The van der Waals surface area contributed by atoms with Crippen LogP contribution in [0.1, 0.15) is 17.0 Å². The largest absolute Gasteiger partial charge is 0.309 e. The van der Waals surface area contributed by atoms with Gasteiger partial charge in [-0.15, -0.1) is 0 Å². The standard InChI is InChI=1S/C17H19N3/c1-3-7-14(8-4-1)13-16(15-9-5-2-6-10-15)17-18-11-12-19-20-17/h1-10,16,19H,11-13H2,(H,18,20). The Balaban J connectivity index is 1.89. The molecule has 0 amide bonds. The van der Waals surface area contributed by atoms with Crippen molar-refractivity contribution in [1.29, 1.82) is 0 Å². The van der Waals surface area contributed by atoms with Crippen molar-refractivity contribution in [3.63, 3.8) is 0 Å². The molecule has 102 valence electrons. The van der Waals surface area contributed by atoms with Crippen molar-refractivity contribution in [1.82, 2.24) is 10.9 Å². The SMILES string of the molecule is c1ccc(CC(C2=NCCNN2)c2ccccc2)cc1. The summed E-state index contributed by atoms with van der Waals surface area (Å²) in [5, 5.41) is 0. The fourth-order valence-corrected chi connectivity index (χ4v) is 2.53. The fourth-order valence-electron chi connectivity index (χ4n) is 2.53. The monoisotopic (exact) mass is 265 g/mol. The molecule has 1 atom stereocenters. The Morgan fingerprint density at radius 2 is 1.65 bits per heavy atom. The van der Waals surface area contributed by atoms with Crippen LogP contribution in [0.4, 0.5) is 0 Å². The second-order valence-electron chi connectivity index (χ2n) is 4.97. The van der Waals surface area contributed by atoms with Gasteiger partial charge in [-0.25, -0.2) is 5.43 Å². The number of hydrogen-bond donors (Lipinski definition) is 2. The maximum atomic E-state index is 4.65. The minimum absolute atomic E-state index is 0.270. The predicted molar refractivity (Wildman–Crippen MR) is 82.8 cm³/mol. The molecule has 0 bridgehead atoms. The van der Waals surface area contributed by atoms with Gasteiger partial charge < -0.3 is 5.43 Å². The summed E-state index contributed by atoms with van der Waals surface area (Å²) in [6.45, 7) is 1.72. The van der Waals surface area contributed by atoms with Crippen molar-refractivity contribution >= 4 is 5.84 Å². The van der Waals surface area contributed by atoms with Crippen LogP contribution in [0, 0.1) is 0 Å². The number of nitrogens with one attached hydrogen (secondary N) is 2. The van der Waals surface area contributed by atoms with Gasteiger partial charge >= 0.3 is 0 Å². The highest BCUT2D eigenvalue weighted by molar-refractivity contribution is 5.89. The zero-order chi connectivity index (χ0) is 13.6. The van der Waals surface area contributed by atoms with E-state index < -0.39 is 0 Å². The third-order valence-electron chi connectivity index (χ3n) is 3.55. The van der Waals surface area contributed by atoms with E-state index in [1.54, 1.807) is 0 Å². The summed E-state index contributed by atoms with van der Waals surface area (Å²) in [6.07, 6.45) is 0.957. The third kappa shape index (κ3) is 3.06. The Kier molecular flexibility index (Phi) is 4.09. The molecule has 1 aliphatic heterocycles. The van der Waals surface area contributed by atoms with Gasteiger partial charge in [0.25, 0.3) is 0 Å². The molecule has 0 aromatic heterocycles. The molecule has 0 saturated heterocycles. The Morgan fingerprint density at radius 1 is 0.950 bits per heavy atom. The first-order valence-electron chi connectivity index (χ1n) is 7.05. The smallest absolute Gasteiger partial charge is 0.118 e. The van der Waals surface area contributed by atoms with E-state index in [1.165, 1.54) is 11.1 Å². The van der Waals surface area contributed by atoms with Crippen LogP contribution in [0.5, 0.6) is 0 Å². The lowest BCUT2D eigenvalue weighted by atomic mass is 9.91. The van der Waals surface area contributed by atoms with Crippen LogP contribution in [-0.2, 0) is 6.42 Å². The fraction of sp³-hybridized carbons (Fsp3) is 0.235. The molecule has 1 heterocycles. The van der Waals surface area contributed by atoms with Crippen LogP contribution in [-0.4, -0.2) is 18.9 Å². The number of hydrazine groups is 1. The maximum absolute atomic E-state index is 4.65. The highest BCUT2D eigenvalue weighted by Gasteiger charge is 2.20. The Hall–Kier alpha value is -2.13. The molecule has 0 aliphatic carbocycles. The molecule has 0 fully saturated rings. The highest BCUT2D eigenvalue weighted by Crippen LogP contribution is 2.22. The minimum Gasteiger partial charge on any atom is -0.309 e. The first-order chi connectivity index (χ1) is 9.93. The molecule has 0 radical (unpaired) electrons. The topological polar surface area (TPSA) is 36.4 Å². The molecule has 3 nitrogen and oxygen atoms in total. The van der Waals surface area contributed by atoms with Crippen molar-refractivity contribution < 1.29 is 0 Å². The van der Waals surface area contributed by atoms with Crippen LogP contribution in [0.2, 0.25) is 0 Å². The van der Waals surface area contributed by atoms with Crippen LogP contribution in [0.15, 0.2) is 65.7 Å². The lowest BCUT2D eigenvalue weighted by molar-refractivity contribution is 0.601. The van der Waals surface area contributed by atoms with Crippen LogP contribution >= 0.6 is 0 Å². The molecule has 1 aliphatic rings. The van der Waals surface area contributed by atoms with Gasteiger partial charge in [-0.05, 0) is 17.5 Å². The van der Waals surface area contributed by atoms with Crippen molar-refractivity contribution in [2.24, 2.45) is 4.99 Å². The van der Waals surface area contributed by atoms with Gasteiger partial charge in [0, 0.05) is 12.5 Å². The van der Waals surface area contributed by atoms with E-state index in [9.17, 15) is 0 Å². The summed E-state index contributed by atoms with van der Waals surface area (Å²) in [5.41, 5.74) is 9.06. The lowest BCUT2D eigenvalue weighted by Gasteiger charge is -2.24. The lowest BCUT2D eigenvalue weighted by Crippen LogP contribution is -2.46. The Bertz CT molecular complexity index is 563. The van der Waals surface area contributed by atoms with Gasteiger partial charge in [0.15, 0.2) is 0 Å². The maximum Gasteiger partial charge on any atom is 0.118 e. The average Bonchev–Trinajstić information content (AvgIpc) is 2.55. The normalized spacial score (nSPS) is 16.1. The summed E-state index contributed by atoms with van der Waals surface area (Å²) in [6, 6.07) is 21.2. The van der Waals surface area contributed by atoms with Gasteiger partial charge in [0.05, 0.1) is 6.54 Å². The van der Waals surface area contributed by atoms with Crippen molar-refractivity contribution in [3.8, 4) is 0 Å². The zero-order valence-corrected chi connectivity index (χ0v) is 11.4. The number of rotatable bonds is 4. The van der Waals surface area contributed by atoms with Crippen LogP contribution in [0.3, 0.4) is 0 Å². The van der Waals surface area contributed by atoms with E-state index in [1.807, 2.05) is 0 Å². The Morgan fingerprint density at radius 3 is 2.30 bits per heavy atom. The molecule has 1 unspecified atom stereocenters. The van der Waals surface area contributed by atoms with Crippen LogP contribution in [0.25, 0.3) is 0 Å². The van der Waals surface area contributed by atoms with E-state index >= 15 is 0 Å². The number of amidine groups is 1. The quantitative estimate of drug-likeness (QED) is 0.891. The third-order valence-corrected chi connectivity index (χ3v) is 3.55. The van der Waals surface area contributed by atoms with E-state index in [2.05, 4.69) is 76.5 Å². The molecular weight excluding hydrogens is 246 g/mol. The molecule has 2 aromatic carbocycles. The van der Waals surface area contributed by atoms with Gasteiger partial charge in [-0.2, -0.15) is 0 Å². The van der Waals surface area contributed by atoms with Gasteiger partial charge in [-0.1, -0.05) is 60.7 Å². The molecule has 20 heavy (non-hydrogen) atoms. The second kappa shape index (κ2) is 6.35. The zero-order valence-electron chi connectivity index (χ0n) is 11.4. The number of aliphatic imine (C=N–C) groups is 1. The molecular formula is C17H19N3. The summed E-state index contributed by atoms with van der Waals surface area (Å²) in [5.74, 6) is 1.30. The summed E-state index contributed by atoms with van der Waals surface area (Å²) in [4.78, 5) is 4.65. The minimum atomic E-state index is 0.270. The van der Waals surface area contributed by atoms with E-state index in [-0.39, 0.29) is 5.92 Å². The number of hydrogen-bond acceptors (Lipinski definition) is 3. The second-order valence-corrected chi connectivity index (χ2v) is 4.97. The molecule has 0 saturated carbocycles. The van der Waals surface area contributed by atoms with Gasteiger partial charge in [0.1, 0.15) is 5.84 Å². The van der Waals surface area contributed by atoms with E-state index in [0.29, 0.717) is 0 Å². The van der Waals surface area contributed by atoms with Crippen molar-refractivity contribution in [3.05, 3.63) is 71.8 Å². The van der Waals surface area contributed by atoms with E-state index in [0.717, 1.165) is 25.3 Å². The molecule has 3 rings (SSSR count). The molecule has 2 N–H and O–H groups in total. The Labute approximate surface area is 119 Å². The molecule has 2 aromatic rings. The van der Waals surface area contributed by atoms with Gasteiger partial charge in [-0.3, -0.25) is 4.99 Å². The van der Waals surface area contributed by atoms with Crippen molar-refractivity contribution in [2.75, 3.05) is 13.1 Å². The summed E-state index contributed by atoms with van der Waals surface area (Å²) < 4.78 is 0. The molecule has 3 heteroatoms. The number of nitrogens with zero attached hydrogens (tertiary/aromatic N) is 1. The highest BCUT2D eigenvalue weighted by atomic mass is 15.4. The summed E-state index contributed by atoms with van der Waals surface area (Å²) in [7, 11) is 0. The first kappa shape index (κ1) is 12.9. The van der Waals surface area contributed by atoms with Crippen molar-refractivity contribution in [2.45, 2.75) is 12.3 Å². The molecule has 0 spiro atoms. The van der Waals surface area contributed by atoms with Crippen LogP contribution < -0.4 is 10.9 Å². The number of benzene rings is 2. The predicted octanol–water partition coefficient (Wildman–Crippen LogP) is 2.52. The summed E-state index contributed by atoms with van der Waals surface area (Å²) >= 11 is 0. The van der Waals surface area contributed by atoms with E-state index in [4.69, 9.17) is 0 Å². The first-order valence-corrected chi connectivity index (χ1v) is 7.05. The van der Waals surface area contributed by atoms with Gasteiger partial charge in [0.2, 0.25) is 0 Å².